The first kappa shape index (κ1) is 28.0. The highest BCUT2D eigenvalue weighted by molar-refractivity contribution is 7.93. The van der Waals surface area contributed by atoms with Gasteiger partial charge in [-0.3, -0.25) is 24.6 Å². The van der Waals surface area contributed by atoms with E-state index in [-0.39, 0.29) is 31.1 Å². The number of ketones is 1. The highest BCUT2D eigenvalue weighted by Crippen LogP contribution is 2.44. The Balaban J connectivity index is 1.62. The van der Waals surface area contributed by atoms with Crippen LogP contribution in [0.4, 0.5) is 10.8 Å². The van der Waals surface area contributed by atoms with Crippen molar-refractivity contribution >= 4 is 61.0 Å². The molecule has 1 saturated heterocycles. The highest BCUT2D eigenvalue weighted by atomic mass is 35.5. The Kier molecular flexibility index (Phi) is 7.34. The van der Waals surface area contributed by atoms with Crippen molar-refractivity contribution in [2.45, 2.75) is 15.1 Å². The number of non-ortho nitro benzene ring substituents is 1. The average molecular weight is 612 g/mol. The zero-order chi connectivity index (χ0) is 29.5. The maximum Gasteiger partial charge on any atom is 0.301 e. The molecule has 0 aliphatic carbocycles. The van der Waals surface area contributed by atoms with Gasteiger partial charge in [-0.25, -0.2) is 13.4 Å². The van der Waals surface area contributed by atoms with Crippen LogP contribution in [0.1, 0.15) is 17.2 Å². The quantitative estimate of drug-likeness (QED) is 0.0978. The van der Waals surface area contributed by atoms with Crippen LogP contribution in [0.5, 0.6) is 5.75 Å². The lowest BCUT2D eigenvalue weighted by molar-refractivity contribution is -0.384. The first-order valence-corrected chi connectivity index (χ1v) is 14.4. The van der Waals surface area contributed by atoms with Crippen molar-refractivity contribution in [2.75, 3.05) is 12.0 Å². The molecule has 2 heterocycles. The summed E-state index contributed by atoms with van der Waals surface area (Å²) in [4.78, 5) is 42.0. The van der Waals surface area contributed by atoms with E-state index >= 15 is 0 Å². The standard InChI is InChI=1S/C27H18ClN3O8S2/c1-39-19-10-4-15(5-11-19)23-22(24(32)16-2-6-17(28)7-3-16)25(33)26(34)30(23)27-29-14-21(40-27)41(37,38)20-12-8-18(9-13-20)31(35)36/h2-14,23,32H,1H3/b24-22-. The molecule has 1 fully saturated rings. The van der Waals surface area contributed by atoms with E-state index in [1.54, 1.807) is 24.3 Å². The van der Waals surface area contributed by atoms with E-state index in [4.69, 9.17) is 16.3 Å². The molecule has 1 N–H and O–H groups in total. The van der Waals surface area contributed by atoms with Gasteiger partial charge in [-0.2, -0.15) is 0 Å². The van der Waals surface area contributed by atoms with E-state index < -0.39 is 38.3 Å². The van der Waals surface area contributed by atoms with E-state index in [0.29, 0.717) is 27.7 Å². The predicted molar refractivity (Wildman–Crippen MR) is 150 cm³/mol. The van der Waals surface area contributed by atoms with Gasteiger partial charge in [0.25, 0.3) is 11.5 Å². The molecule has 0 spiro atoms. The number of aromatic nitrogens is 1. The number of thiazole rings is 1. The molecule has 208 valence electrons. The molecule has 1 aliphatic rings. The second kappa shape index (κ2) is 10.8. The van der Waals surface area contributed by atoms with Crippen LogP contribution in [0.2, 0.25) is 5.02 Å². The van der Waals surface area contributed by atoms with Gasteiger partial charge in [0.05, 0.1) is 34.7 Å². The van der Waals surface area contributed by atoms with Crippen LogP contribution in [0.25, 0.3) is 5.76 Å². The fourth-order valence-corrected chi connectivity index (χ4v) is 6.92. The van der Waals surface area contributed by atoms with E-state index in [0.717, 1.165) is 35.4 Å². The molecular weight excluding hydrogens is 594 g/mol. The summed E-state index contributed by atoms with van der Waals surface area (Å²) in [6.07, 6.45) is 1.04. The van der Waals surface area contributed by atoms with Crippen LogP contribution in [-0.2, 0) is 19.4 Å². The zero-order valence-corrected chi connectivity index (χ0v) is 23.3. The van der Waals surface area contributed by atoms with E-state index in [1.807, 2.05) is 0 Å². The summed E-state index contributed by atoms with van der Waals surface area (Å²) in [5, 5.41) is 22.4. The van der Waals surface area contributed by atoms with E-state index in [9.17, 15) is 33.2 Å². The van der Waals surface area contributed by atoms with Gasteiger partial charge in [0.2, 0.25) is 9.84 Å². The van der Waals surface area contributed by atoms with Gasteiger partial charge in [-0.05, 0) is 54.1 Å². The number of anilines is 1. The number of methoxy groups -OCH3 is 1. The Hall–Kier alpha value is -4.59. The molecule has 1 aromatic heterocycles. The Labute approximate surface area is 242 Å². The second-order valence-corrected chi connectivity index (χ2v) is 12.3. The van der Waals surface area contributed by atoms with Gasteiger partial charge in [0, 0.05) is 22.7 Å². The predicted octanol–water partition coefficient (Wildman–Crippen LogP) is 5.17. The van der Waals surface area contributed by atoms with Gasteiger partial charge in [-0.1, -0.05) is 35.1 Å². The Morgan fingerprint density at radius 2 is 1.68 bits per heavy atom. The number of benzene rings is 3. The fraction of sp³-hybridized carbons (Fsp3) is 0.0741. The molecule has 41 heavy (non-hydrogen) atoms. The average Bonchev–Trinajstić information content (AvgIpc) is 3.56. The molecule has 1 aliphatic heterocycles. The molecule has 11 nitrogen and oxygen atoms in total. The van der Waals surface area contributed by atoms with Gasteiger partial charge >= 0.3 is 5.91 Å². The number of nitro groups is 1. The van der Waals surface area contributed by atoms with Crippen LogP contribution >= 0.6 is 22.9 Å². The molecule has 0 saturated carbocycles. The maximum atomic E-state index is 13.4. The zero-order valence-electron chi connectivity index (χ0n) is 20.9. The summed E-state index contributed by atoms with van der Waals surface area (Å²) in [6, 6.07) is 15.7. The van der Waals surface area contributed by atoms with E-state index in [2.05, 4.69) is 4.98 Å². The Bertz CT molecular complexity index is 1820. The minimum absolute atomic E-state index is 0.108. The first-order chi connectivity index (χ1) is 19.5. The largest absolute Gasteiger partial charge is 0.507 e. The minimum Gasteiger partial charge on any atom is -0.507 e. The summed E-state index contributed by atoms with van der Waals surface area (Å²) >= 11 is 6.60. The maximum absolute atomic E-state index is 13.4. The van der Waals surface area contributed by atoms with Gasteiger partial charge in [0.1, 0.15) is 15.7 Å². The Morgan fingerprint density at radius 3 is 2.27 bits per heavy atom. The van der Waals surface area contributed by atoms with Crippen molar-refractivity contribution in [1.29, 1.82) is 0 Å². The van der Waals surface area contributed by atoms with Crippen LogP contribution in [0.15, 0.2) is 93.7 Å². The van der Waals surface area contributed by atoms with Crippen molar-refractivity contribution in [1.82, 2.24) is 4.98 Å². The van der Waals surface area contributed by atoms with Crippen LogP contribution < -0.4 is 9.64 Å². The number of nitrogens with zero attached hydrogens (tertiary/aromatic N) is 3. The number of sulfone groups is 1. The molecule has 4 aromatic rings. The molecule has 0 bridgehead atoms. The van der Waals surface area contributed by atoms with Gasteiger partial charge in [-0.15, -0.1) is 0 Å². The number of ether oxygens (including phenoxy) is 1. The van der Waals surface area contributed by atoms with Gasteiger partial charge in [0.15, 0.2) is 5.13 Å². The van der Waals surface area contributed by atoms with Crippen LogP contribution in [0.3, 0.4) is 0 Å². The second-order valence-electron chi connectivity index (χ2n) is 8.67. The van der Waals surface area contributed by atoms with Crippen molar-refractivity contribution in [2.24, 2.45) is 0 Å². The summed E-state index contributed by atoms with van der Waals surface area (Å²) in [7, 11) is -2.69. The molecule has 1 unspecified atom stereocenters. The monoisotopic (exact) mass is 611 g/mol. The number of nitro benzene ring substituents is 1. The van der Waals surface area contributed by atoms with E-state index in [1.165, 1.54) is 31.4 Å². The Morgan fingerprint density at radius 1 is 1.05 bits per heavy atom. The lowest BCUT2D eigenvalue weighted by Crippen LogP contribution is -2.29. The molecular formula is C27H18ClN3O8S2. The van der Waals surface area contributed by atoms with Gasteiger partial charge < -0.3 is 9.84 Å². The topological polar surface area (TPSA) is 157 Å². The van der Waals surface area contributed by atoms with Crippen LogP contribution in [-0.4, -0.2) is 42.2 Å². The third-order valence-corrected chi connectivity index (χ3v) is 9.77. The first-order valence-electron chi connectivity index (χ1n) is 11.7. The fourth-order valence-electron chi connectivity index (χ4n) is 4.24. The van der Waals surface area contributed by atoms with Crippen molar-refractivity contribution < 1.29 is 32.8 Å². The number of hydrogen-bond donors (Lipinski definition) is 1. The SMILES string of the molecule is COc1ccc(C2/C(=C(/O)c3ccc(Cl)cc3)C(=O)C(=O)N2c2ncc(S(=O)(=O)c3ccc([N+](=O)[O-])cc3)s2)cc1. The smallest absolute Gasteiger partial charge is 0.301 e. The number of Topliss-reactive ketones (excluding diaryl/α,β-unsaturated/α-hetero) is 1. The highest BCUT2D eigenvalue weighted by Gasteiger charge is 2.48. The number of aliphatic hydroxyl groups is 1. The molecule has 14 heteroatoms. The third-order valence-electron chi connectivity index (χ3n) is 6.29. The number of carbonyl (C=O) groups is 2. The third kappa shape index (κ3) is 5.06. The minimum atomic E-state index is -4.17. The molecule has 5 rings (SSSR count). The summed E-state index contributed by atoms with van der Waals surface area (Å²) in [5.41, 5.74) is 0.164. The number of amides is 1. The summed E-state index contributed by atoms with van der Waals surface area (Å²) < 4.78 is 31.5. The van der Waals surface area contributed by atoms with Crippen molar-refractivity contribution in [3.8, 4) is 5.75 Å². The number of carbonyl (C=O) groups excluding carboxylic acids is 2. The lowest BCUT2D eigenvalue weighted by Gasteiger charge is -2.23. The lowest BCUT2D eigenvalue weighted by atomic mass is 9.95. The van der Waals surface area contributed by atoms with Crippen LogP contribution in [0, 0.1) is 10.1 Å². The van der Waals surface area contributed by atoms with Crippen molar-refractivity contribution in [3.63, 3.8) is 0 Å². The number of aliphatic hydroxyl groups excluding tert-OH is 1. The normalized spacial score (nSPS) is 16.6. The number of hydrogen-bond acceptors (Lipinski definition) is 10. The molecule has 3 aromatic carbocycles. The van der Waals surface area contributed by atoms with Crippen molar-refractivity contribution in [3.05, 3.63) is 111 Å². The number of halogens is 1. The molecule has 1 atom stereocenters. The summed E-state index contributed by atoms with van der Waals surface area (Å²) in [5.74, 6) is -1.95. The molecule has 0 radical (unpaired) electrons. The molecule has 1 amide bonds. The number of rotatable bonds is 7. The summed E-state index contributed by atoms with van der Waals surface area (Å²) in [6.45, 7) is 0.